The van der Waals surface area contributed by atoms with Gasteiger partial charge in [-0.1, -0.05) is 31.5 Å². The van der Waals surface area contributed by atoms with Crippen LogP contribution in [0.15, 0.2) is 18.2 Å². The van der Waals surface area contributed by atoms with Gasteiger partial charge in [-0.15, -0.1) is 0 Å². The highest BCUT2D eigenvalue weighted by atomic mass is 35.5. The van der Waals surface area contributed by atoms with Crippen molar-refractivity contribution in [2.75, 3.05) is 37.2 Å². The van der Waals surface area contributed by atoms with E-state index in [1.807, 2.05) is 18.2 Å². The van der Waals surface area contributed by atoms with Crippen molar-refractivity contribution < 1.29 is 0 Å². The molecule has 17 heavy (non-hydrogen) atoms. The van der Waals surface area contributed by atoms with E-state index in [1.165, 1.54) is 0 Å². The summed E-state index contributed by atoms with van der Waals surface area (Å²) in [5.41, 5.74) is 7.42. The molecule has 0 amide bonds. The zero-order chi connectivity index (χ0) is 12.7. The van der Waals surface area contributed by atoms with E-state index in [9.17, 15) is 0 Å². The van der Waals surface area contributed by atoms with Crippen LogP contribution in [0.25, 0.3) is 0 Å². The van der Waals surface area contributed by atoms with E-state index in [4.69, 9.17) is 17.3 Å². The molecule has 3 N–H and O–H groups in total. The summed E-state index contributed by atoms with van der Waals surface area (Å²) in [4.78, 5) is 2.40. The highest BCUT2D eigenvalue weighted by Crippen LogP contribution is 2.27. The predicted octanol–water partition coefficient (Wildman–Crippen LogP) is 3.07. The third-order valence-electron chi connectivity index (χ3n) is 2.89. The number of halogens is 1. The Labute approximate surface area is 109 Å². The number of benzene rings is 1. The fourth-order valence-electron chi connectivity index (χ4n) is 1.78. The SMILES string of the molecule is CCN(CC)CCCNc1c(N)cccc1Cl. The number of nitrogens with one attached hydrogen (secondary N) is 1. The maximum Gasteiger partial charge on any atom is 0.0763 e. The van der Waals surface area contributed by atoms with Crippen LogP contribution in [0.5, 0.6) is 0 Å². The van der Waals surface area contributed by atoms with Gasteiger partial charge in [0.2, 0.25) is 0 Å². The molecular formula is C13H22ClN3. The molecule has 1 rings (SSSR count). The molecule has 4 heteroatoms. The minimum Gasteiger partial charge on any atom is -0.397 e. The highest BCUT2D eigenvalue weighted by Gasteiger charge is 2.03. The average Bonchev–Trinajstić information content (AvgIpc) is 2.32. The molecule has 0 bridgehead atoms. The molecule has 0 unspecified atom stereocenters. The van der Waals surface area contributed by atoms with Gasteiger partial charge >= 0.3 is 0 Å². The zero-order valence-electron chi connectivity index (χ0n) is 10.7. The minimum absolute atomic E-state index is 0.688. The Balaban J connectivity index is 2.36. The van der Waals surface area contributed by atoms with Gasteiger partial charge in [0.15, 0.2) is 0 Å². The largest absolute Gasteiger partial charge is 0.397 e. The maximum absolute atomic E-state index is 6.07. The highest BCUT2D eigenvalue weighted by molar-refractivity contribution is 6.33. The third-order valence-corrected chi connectivity index (χ3v) is 3.21. The molecule has 96 valence electrons. The lowest BCUT2D eigenvalue weighted by molar-refractivity contribution is 0.303. The molecule has 1 aromatic carbocycles. The average molecular weight is 256 g/mol. The predicted molar refractivity (Wildman–Crippen MR) is 76.8 cm³/mol. The van der Waals surface area contributed by atoms with Gasteiger partial charge in [0.25, 0.3) is 0 Å². The fraction of sp³-hybridized carbons (Fsp3) is 0.538. The Hall–Kier alpha value is -0.930. The summed E-state index contributed by atoms with van der Waals surface area (Å²) in [7, 11) is 0. The standard InChI is InChI=1S/C13H22ClN3/c1-3-17(4-2)10-6-9-16-13-11(14)7-5-8-12(13)15/h5,7-8,16H,3-4,6,9-10,15H2,1-2H3. The van der Waals surface area contributed by atoms with Crippen LogP contribution in [0.3, 0.4) is 0 Å². The van der Waals surface area contributed by atoms with Crippen LogP contribution < -0.4 is 11.1 Å². The van der Waals surface area contributed by atoms with Gasteiger partial charge in [0, 0.05) is 6.54 Å². The van der Waals surface area contributed by atoms with Crippen LogP contribution in [-0.4, -0.2) is 31.1 Å². The van der Waals surface area contributed by atoms with Crippen molar-refractivity contribution in [2.45, 2.75) is 20.3 Å². The van der Waals surface area contributed by atoms with Crippen molar-refractivity contribution >= 4 is 23.0 Å². The number of para-hydroxylation sites is 1. The number of hydrogen-bond acceptors (Lipinski definition) is 3. The van der Waals surface area contributed by atoms with Crippen LogP contribution in [0.2, 0.25) is 5.02 Å². The second kappa shape index (κ2) is 7.41. The van der Waals surface area contributed by atoms with Crippen molar-refractivity contribution in [3.8, 4) is 0 Å². The Morgan fingerprint density at radius 2 is 2.00 bits per heavy atom. The van der Waals surface area contributed by atoms with Crippen molar-refractivity contribution in [2.24, 2.45) is 0 Å². The van der Waals surface area contributed by atoms with Gasteiger partial charge < -0.3 is 16.0 Å². The van der Waals surface area contributed by atoms with Crippen molar-refractivity contribution in [1.29, 1.82) is 0 Å². The number of rotatable bonds is 7. The first-order valence-corrected chi connectivity index (χ1v) is 6.57. The molecule has 0 aliphatic carbocycles. The van der Waals surface area contributed by atoms with Crippen LogP contribution in [-0.2, 0) is 0 Å². The quantitative estimate of drug-likeness (QED) is 0.581. The molecule has 0 atom stereocenters. The molecule has 0 saturated heterocycles. The van der Waals surface area contributed by atoms with Gasteiger partial charge in [-0.05, 0) is 38.2 Å². The van der Waals surface area contributed by atoms with Crippen molar-refractivity contribution in [3.05, 3.63) is 23.2 Å². The van der Waals surface area contributed by atoms with Gasteiger partial charge in [-0.25, -0.2) is 0 Å². The zero-order valence-corrected chi connectivity index (χ0v) is 11.4. The molecule has 0 aliphatic heterocycles. The molecule has 0 aliphatic rings. The van der Waals surface area contributed by atoms with Crippen molar-refractivity contribution in [3.63, 3.8) is 0 Å². The Bertz CT molecular complexity index is 317. The van der Waals surface area contributed by atoms with Crippen molar-refractivity contribution in [1.82, 2.24) is 4.90 Å². The van der Waals surface area contributed by atoms with E-state index >= 15 is 0 Å². The summed E-state index contributed by atoms with van der Waals surface area (Å²) in [6.45, 7) is 8.57. The lowest BCUT2D eigenvalue weighted by Gasteiger charge is -2.18. The molecule has 0 heterocycles. The monoisotopic (exact) mass is 255 g/mol. The summed E-state index contributed by atoms with van der Waals surface area (Å²) in [6, 6.07) is 5.57. The second-order valence-electron chi connectivity index (χ2n) is 4.01. The Morgan fingerprint density at radius 1 is 1.29 bits per heavy atom. The Morgan fingerprint density at radius 3 is 2.59 bits per heavy atom. The summed E-state index contributed by atoms with van der Waals surface area (Å²) in [6.07, 6.45) is 1.09. The molecule has 1 aromatic rings. The molecule has 0 fully saturated rings. The third kappa shape index (κ3) is 4.44. The van der Waals surface area contributed by atoms with Gasteiger partial charge in [0.1, 0.15) is 0 Å². The number of nitrogens with zero attached hydrogens (tertiary/aromatic N) is 1. The molecule has 0 radical (unpaired) electrons. The summed E-state index contributed by atoms with van der Waals surface area (Å²) in [5.74, 6) is 0. The second-order valence-corrected chi connectivity index (χ2v) is 4.42. The lowest BCUT2D eigenvalue weighted by Crippen LogP contribution is -2.25. The van der Waals surface area contributed by atoms with Gasteiger partial charge in [-0.3, -0.25) is 0 Å². The van der Waals surface area contributed by atoms with E-state index in [-0.39, 0.29) is 0 Å². The molecular weight excluding hydrogens is 234 g/mol. The van der Waals surface area contributed by atoms with Crippen LogP contribution in [0, 0.1) is 0 Å². The number of nitrogen functional groups attached to an aromatic ring is 1. The Kier molecular flexibility index (Phi) is 6.16. The molecule has 0 aromatic heterocycles. The van der Waals surface area contributed by atoms with E-state index in [0.717, 1.165) is 38.3 Å². The number of hydrogen-bond donors (Lipinski definition) is 2. The van der Waals surface area contributed by atoms with Crippen LogP contribution in [0.4, 0.5) is 11.4 Å². The summed E-state index contributed by atoms with van der Waals surface area (Å²) in [5, 5.41) is 3.99. The lowest BCUT2D eigenvalue weighted by atomic mass is 10.2. The smallest absolute Gasteiger partial charge is 0.0763 e. The van der Waals surface area contributed by atoms with E-state index in [0.29, 0.717) is 10.7 Å². The van der Waals surface area contributed by atoms with E-state index < -0.39 is 0 Å². The topological polar surface area (TPSA) is 41.3 Å². The summed E-state index contributed by atoms with van der Waals surface area (Å²) >= 11 is 6.07. The number of anilines is 2. The first-order chi connectivity index (χ1) is 8.19. The van der Waals surface area contributed by atoms with Crippen LogP contribution >= 0.6 is 11.6 Å². The van der Waals surface area contributed by atoms with Gasteiger partial charge in [-0.2, -0.15) is 0 Å². The first kappa shape index (κ1) is 14.1. The number of nitrogens with two attached hydrogens (primary N) is 1. The fourth-order valence-corrected chi connectivity index (χ4v) is 2.03. The maximum atomic E-state index is 6.07. The molecule has 0 saturated carbocycles. The van der Waals surface area contributed by atoms with E-state index in [1.54, 1.807) is 0 Å². The summed E-state index contributed by atoms with van der Waals surface area (Å²) < 4.78 is 0. The van der Waals surface area contributed by atoms with Gasteiger partial charge in [0.05, 0.1) is 16.4 Å². The normalized spacial score (nSPS) is 10.8. The van der Waals surface area contributed by atoms with Crippen LogP contribution in [0.1, 0.15) is 20.3 Å². The molecule has 3 nitrogen and oxygen atoms in total. The minimum atomic E-state index is 0.688. The first-order valence-electron chi connectivity index (χ1n) is 6.19. The van der Waals surface area contributed by atoms with E-state index in [2.05, 4.69) is 24.1 Å². The molecule has 0 spiro atoms.